The Bertz CT molecular complexity index is 538. The number of amides is 2. The van der Waals surface area contributed by atoms with Gasteiger partial charge in [-0.3, -0.25) is 9.59 Å². The summed E-state index contributed by atoms with van der Waals surface area (Å²) in [6.45, 7) is 8.11. The molecule has 0 aliphatic carbocycles. The minimum atomic E-state index is -0.132. The molecule has 2 heterocycles. The number of nitrogens with one attached hydrogen (secondary N) is 1. The van der Waals surface area contributed by atoms with Gasteiger partial charge in [-0.25, -0.2) is 9.97 Å². The van der Waals surface area contributed by atoms with Gasteiger partial charge in [-0.2, -0.15) is 0 Å². The fraction of sp³-hybridized carbons (Fsp3) is 0.429. The predicted molar refractivity (Wildman–Crippen MR) is 79.0 cm³/mol. The molecule has 7 nitrogen and oxygen atoms in total. The maximum Gasteiger partial charge on any atom is 0.272 e. The molecule has 0 atom stereocenters. The third kappa shape index (κ3) is 3.77. The van der Waals surface area contributed by atoms with E-state index in [0.29, 0.717) is 50.1 Å². The van der Waals surface area contributed by atoms with Gasteiger partial charge in [0.1, 0.15) is 17.3 Å². The van der Waals surface area contributed by atoms with Crippen LogP contribution >= 0.6 is 0 Å². The molecule has 2 amide bonds. The van der Waals surface area contributed by atoms with Crippen LogP contribution in [0.3, 0.4) is 0 Å². The molecule has 1 saturated heterocycles. The lowest BCUT2D eigenvalue weighted by Gasteiger charge is -2.32. The lowest BCUT2D eigenvalue weighted by atomic mass is 10.2. The largest absolute Gasteiger partial charge is 0.366 e. The van der Waals surface area contributed by atoms with Crippen LogP contribution in [-0.2, 0) is 4.79 Å². The first-order valence-electron chi connectivity index (χ1n) is 6.83. The van der Waals surface area contributed by atoms with Crippen LogP contribution in [0.2, 0.25) is 0 Å². The van der Waals surface area contributed by atoms with Gasteiger partial charge in [-0.1, -0.05) is 6.08 Å². The number of anilines is 1. The number of nitrogens with zero attached hydrogens (tertiary/aromatic N) is 4. The number of piperazine rings is 1. The summed E-state index contributed by atoms with van der Waals surface area (Å²) >= 11 is 0. The van der Waals surface area contributed by atoms with Crippen LogP contribution in [0, 0.1) is 6.92 Å². The summed E-state index contributed by atoms with van der Waals surface area (Å²) < 4.78 is 0. The molecule has 0 unspecified atom stereocenters. The molecular formula is C14H19N5O2. The first kappa shape index (κ1) is 15.0. The monoisotopic (exact) mass is 289 g/mol. The van der Waals surface area contributed by atoms with E-state index in [-0.39, 0.29) is 5.91 Å². The van der Waals surface area contributed by atoms with Gasteiger partial charge in [0.05, 0.1) is 0 Å². The molecule has 1 aromatic rings. The van der Waals surface area contributed by atoms with E-state index in [1.807, 2.05) is 0 Å². The van der Waals surface area contributed by atoms with E-state index in [1.54, 1.807) is 28.9 Å². The molecule has 7 heteroatoms. The van der Waals surface area contributed by atoms with Gasteiger partial charge in [0.2, 0.25) is 6.41 Å². The zero-order valence-electron chi connectivity index (χ0n) is 12.1. The third-order valence-corrected chi connectivity index (χ3v) is 3.24. The normalized spacial score (nSPS) is 14.7. The number of aromatic nitrogens is 2. The molecule has 0 spiro atoms. The van der Waals surface area contributed by atoms with Crippen LogP contribution in [0.4, 0.5) is 5.82 Å². The molecule has 0 aromatic carbocycles. The topological polar surface area (TPSA) is 78.4 Å². The number of carbonyl (C=O) groups is 2. The van der Waals surface area contributed by atoms with E-state index < -0.39 is 0 Å². The molecule has 1 fully saturated rings. The van der Waals surface area contributed by atoms with E-state index in [4.69, 9.17) is 0 Å². The van der Waals surface area contributed by atoms with E-state index in [2.05, 4.69) is 21.9 Å². The van der Waals surface area contributed by atoms with Crippen molar-refractivity contribution < 1.29 is 9.59 Å². The second-order valence-electron chi connectivity index (χ2n) is 4.79. The second kappa shape index (κ2) is 6.83. The second-order valence-corrected chi connectivity index (χ2v) is 4.79. The summed E-state index contributed by atoms with van der Waals surface area (Å²) in [5.74, 6) is 1.02. The Kier molecular flexibility index (Phi) is 4.86. The van der Waals surface area contributed by atoms with Gasteiger partial charge in [-0.15, -0.1) is 6.58 Å². The van der Waals surface area contributed by atoms with Gasteiger partial charge in [0.25, 0.3) is 5.91 Å². The lowest BCUT2D eigenvalue weighted by Crippen LogP contribution is -2.48. The molecule has 1 aliphatic heterocycles. The van der Waals surface area contributed by atoms with Crippen LogP contribution in [0.1, 0.15) is 16.3 Å². The van der Waals surface area contributed by atoms with Crippen molar-refractivity contribution in [2.24, 2.45) is 0 Å². The molecule has 0 bridgehead atoms. The fourth-order valence-corrected chi connectivity index (χ4v) is 2.14. The minimum absolute atomic E-state index is 0.132. The number of aryl methyl sites for hydroxylation is 1. The predicted octanol–water partition coefficient (Wildman–Crippen LogP) is 0.297. The number of hydrogen-bond acceptors (Lipinski definition) is 5. The molecular weight excluding hydrogens is 270 g/mol. The van der Waals surface area contributed by atoms with Crippen LogP contribution in [0.15, 0.2) is 18.7 Å². The number of hydrogen-bond donors (Lipinski definition) is 1. The Morgan fingerprint density at radius 1 is 1.38 bits per heavy atom. The molecule has 0 saturated carbocycles. The van der Waals surface area contributed by atoms with Crippen molar-refractivity contribution in [3.8, 4) is 0 Å². The Morgan fingerprint density at radius 2 is 2.10 bits per heavy atom. The maximum atomic E-state index is 12.5. The van der Waals surface area contributed by atoms with Gasteiger partial charge >= 0.3 is 0 Å². The molecule has 1 aliphatic rings. The molecule has 21 heavy (non-hydrogen) atoms. The van der Waals surface area contributed by atoms with Crippen molar-refractivity contribution in [2.75, 3.05) is 38.0 Å². The van der Waals surface area contributed by atoms with E-state index in [0.717, 1.165) is 6.41 Å². The molecule has 112 valence electrons. The van der Waals surface area contributed by atoms with Gasteiger partial charge < -0.3 is 15.1 Å². The van der Waals surface area contributed by atoms with E-state index in [9.17, 15) is 9.59 Å². The highest BCUT2D eigenvalue weighted by molar-refractivity contribution is 5.93. The highest BCUT2D eigenvalue weighted by Crippen LogP contribution is 2.11. The van der Waals surface area contributed by atoms with Crippen LogP contribution in [0.25, 0.3) is 0 Å². The Labute approximate surface area is 123 Å². The van der Waals surface area contributed by atoms with Crippen LogP contribution < -0.4 is 5.32 Å². The molecule has 2 rings (SSSR count). The Balaban J connectivity index is 2.09. The first-order chi connectivity index (χ1) is 10.1. The average Bonchev–Trinajstić information content (AvgIpc) is 2.51. The molecule has 1 N–H and O–H groups in total. The summed E-state index contributed by atoms with van der Waals surface area (Å²) in [6, 6.07) is 1.64. The van der Waals surface area contributed by atoms with Crippen molar-refractivity contribution in [3.05, 3.63) is 30.2 Å². The van der Waals surface area contributed by atoms with Crippen molar-refractivity contribution in [2.45, 2.75) is 6.92 Å². The van der Waals surface area contributed by atoms with Gasteiger partial charge in [0, 0.05) is 38.8 Å². The third-order valence-electron chi connectivity index (χ3n) is 3.24. The van der Waals surface area contributed by atoms with Crippen LogP contribution in [-0.4, -0.2) is 64.8 Å². The standard InChI is InChI=1S/C14H19N5O2/c1-3-4-15-13-9-12(16-11(2)17-13)14(21)19-7-5-18(10-20)6-8-19/h3,9-10H,1,4-8H2,2H3,(H,15,16,17). The number of carbonyl (C=O) groups excluding carboxylic acids is 2. The zero-order chi connectivity index (χ0) is 15.2. The zero-order valence-corrected chi connectivity index (χ0v) is 12.1. The Morgan fingerprint density at radius 3 is 2.71 bits per heavy atom. The molecule has 0 radical (unpaired) electrons. The summed E-state index contributed by atoms with van der Waals surface area (Å²) in [5.41, 5.74) is 0.369. The van der Waals surface area contributed by atoms with Crippen molar-refractivity contribution >= 4 is 18.1 Å². The minimum Gasteiger partial charge on any atom is -0.366 e. The van der Waals surface area contributed by atoms with E-state index >= 15 is 0 Å². The summed E-state index contributed by atoms with van der Waals surface area (Å²) in [7, 11) is 0. The Hall–Kier alpha value is -2.44. The SMILES string of the molecule is C=CCNc1cc(C(=O)N2CCN(C=O)CC2)nc(C)n1. The van der Waals surface area contributed by atoms with Crippen molar-refractivity contribution in [1.29, 1.82) is 0 Å². The highest BCUT2D eigenvalue weighted by Gasteiger charge is 2.22. The fourth-order valence-electron chi connectivity index (χ4n) is 2.14. The highest BCUT2D eigenvalue weighted by atomic mass is 16.2. The van der Waals surface area contributed by atoms with Crippen molar-refractivity contribution in [1.82, 2.24) is 19.8 Å². The molecule has 1 aromatic heterocycles. The summed E-state index contributed by atoms with van der Waals surface area (Å²) in [4.78, 5) is 34.9. The smallest absolute Gasteiger partial charge is 0.272 e. The maximum absolute atomic E-state index is 12.5. The van der Waals surface area contributed by atoms with Crippen molar-refractivity contribution in [3.63, 3.8) is 0 Å². The van der Waals surface area contributed by atoms with Gasteiger partial charge in [-0.05, 0) is 6.92 Å². The van der Waals surface area contributed by atoms with E-state index in [1.165, 1.54) is 0 Å². The number of rotatable bonds is 5. The van der Waals surface area contributed by atoms with Crippen LogP contribution in [0.5, 0.6) is 0 Å². The summed E-state index contributed by atoms with van der Waals surface area (Å²) in [6.07, 6.45) is 2.53. The first-order valence-corrected chi connectivity index (χ1v) is 6.83. The lowest BCUT2D eigenvalue weighted by molar-refractivity contribution is -0.119. The quantitative estimate of drug-likeness (QED) is 0.623. The average molecular weight is 289 g/mol. The summed E-state index contributed by atoms with van der Waals surface area (Å²) in [5, 5.41) is 3.06. The van der Waals surface area contributed by atoms with Gasteiger partial charge in [0.15, 0.2) is 0 Å².